The van der Waals surface area contributed by atoms with Crippen molar-refractivity contribution >= 4 is 29.5 Å². The number of nitrogens with one attached hydrogen (secondary N) is 1. The highest BCUT2D eigenvalue weighted by atomic mass is 35.5. The van der Waals surface area contributed by atoms with Gasteiger partial charge in [0.15, 0.2) is 0 Å². The molecular formula is C23H22ClN3O4. The van der Waals surface area contributed by atoms with Crippen LogP contribution in [-0.2, 0) is 11.3 Å². The second-order valence-electron chi connectivity index (χ2n) is 6.45. The lowest BCUT2D eigenvalue weighted by Crippen LogP contribution is -2.28. The minimum atomic E-state index is -0.705. The summed E-state index contributed by atoms with van der Waals surface area (Å²) in [5.74, 6) is 0.678. The molecule has 0 unspecified atom stereocenters. The number of benzene rings is 2. The topological polar surface area (TPSA) is 82.4 Å². The molecule has 1 heterocycles. The molecule has 8 heteroatoms. The minimum absolute atomic E-state index is 0.0958. The van der Waals surface area contributed by atoms with Gasteiger partial charge in [-0.1, -0.05) is 48.0 Å². The lowest BCUT2D eigenvalue weighted by Gasteiger charge is -2.13. The lowest BCUT2D eigenvalue weighted by atomic mass is 10.1. The molecule has 0 fully saturated rings. The molecule has 0 aliphatic rings. The molecule has 1 aromatic heterocycles. The van der Waals surface area contributed by atoms with Crippen molar-refractivity contribution in [3.05, 3.63) is 81.7 Å². The quantitative estimate of drug-likeness (QED) is 0.568. The molecular weight excluding hydrogens is 418 g/mol. The first-order valence-corrected chi connectivity index (χ1v) is 10.00. The van der Waals surface area contributed by atoms with Crippen molar-refractivity contribution in [1.29, 1.82) is 0 Å². The zero-order chi connectivity index (χ0) is 22.2. The van der Waals surface area contributed by atoms with E-state index < -0.39 is 11.7 Å². The average molecular weight is 440 g/mol. The number of rotatable bonds is 7. The molecule has 0 bridgehead atoms. The number of ether oxygens (including phenoxy) is 2. The molecule has 2 aromatic carbocycles. The van der Waals surface area contributed by atoms with Crippen LogP contribution in [0.3, 0.4) is 0 Å². The van der Waals surface area contributed by atoms with Crippen LogP contribution in [0, 0.1) is 0 Å². The molecule has 3 aromatic rings. The Morgan fingerprint density at radius 1 is 1.16 bits per heavy atom. The van der Waals surface area contributed by atoms with Gasteiger partial charge in [-0.25, -0.2) is 9.48 Å². The van der Waals surface area contributed by atoms with E-state index in [0.29, 0.717) is 21.9 Å². The predicted molar refractivity (Wildman–Crippen MR) is 122 cm³/mol. The van der Waals surface area contributed by atoms with Crippen LogP contribution >= 0.6 is 11.6 Å². The Kier molecular flexibility index (Phi) is 7.45. The Morgan fingerprint density at radius 3 is 2.52 bits per heavy atom. The average Bonchev–Trinajstić information content (AvgIpc) is 2.78. The fraction of sp³-hybridized carbons (Fsp3) is 0.174. The molecule has 0 aliphatic heterocycles. The maximum atomic E-state index is 13.1. The standard InChI is InChI=1S/C23H22ClN3O4/c1-3-31-23(29)26-21-20(17-8-12-19(30-2)13-9-17)15-25-27(22(21)28)14-4-5-16-6-10-18(24)11-7-16/h4-13,15H,3,14H2,1-2H3,(H,26,29). The van der Waals surface area contributed by atoms with Crippen LogP contribution in [0.5, 0.6) is 5.75 Å². The van der Waals surface area contributed by atoms with Gasteiger partial charge in [0.05, 0.1) is 26.5 Å². The number of carbonyl (C=O) groups is 1. The van der Waals surface area contributed by atoms with Crippen LogP contribution in [0.4, 0.5) is 10.5 Å². The summed E-state index contributed by atoms with van der Waals surface area (Å²) in [5, 5.41) is 7.47. The van der Waals surface area contributed by atoms with Crippen molar-refractivity contribution in [3.63, 3.8) is 0 Å². The minimum Gasteiger partial charge on any atom is -0.497 e. The number of halogens is 1. The monoisotopic (exact) mass is 439 g/mol. The number of hydrogen-bond acceptors (Lipinski definition) is 5. The molecule has 1 amide bonds. The molecule has 0 saturated heterocycles. The number of aromatic nitrogens is 2. The van der Waals surface area contributed by atoms with E-state index in [-0.39, 0.29) is 18.8 Å². The molecule has 1 N–H and O–H groups in total. The Hall–Kier alpha value is -3.58. The van der Waals surface area contributed by atoms with Gasteiger partial charge in [-0.2, -0.15) is 5.10 Å². The number of methoxy groups -OCH3 is 1. The lowest BCUT2D eigenvalue weighted by molar-refractivity contribution is 0.168. The van der Waals surface area contributed by atoms with Crippen molar-refractivity contribution in [3.8, 4) is 16.9 Å². The highest BCUT2D eigenvalue weighted by Gasteiger charge is 2.16. The molecule has 0 saturated carbocycles. The van der Waals surface area contributed by atoms with E-state index in [0.717, 1.165) is 5.56 Å². The molecule has 0 atom stereocenters. The number of amides is 1. The maximum absolute atomic E-state index is 13.1. The van der Waals surface area contributed by atoms with Gasteiger partial charge >= 0.3 is 6.09 Å². The second kappa shape index (κ2) is 10.4. The maximum Gasteiger partial charge on any atom is 0.411 e. The summed E-state index contributed by atoms with van der Waals surface area (Å²) in [6.45, 7) is 2.10. The van der Waals surface area contributed by atoms with Crippen molar-refractivity contribution in [2.45, 2.75) is 13.5 Å². The Balaban J connectivity index is 1.92. The highest BCUT2D eigenvalue weighted by Crippen LogP contribution is 2.26. The normalized spacial score (nSPS) is 10.8. The SMILES string of the molecule is CCOC(=O)Nc1c(-c2ccc(OC)cc2)cnn(CC=Cc2ccc(Cl)cc2)c1=O. The Morgan fingerprint density at radius 2 is 1.87 bits per heavy atom. The Labute approximate surface area is 184 Å². The molecule has 0 aliphatic carbocycles. The van der Waals surface area contributed by atoms with Crippen LogP contribution in [0.25, 0.3) is 17.2 Å². The predicted octanol–water partition coefficient (Wildman–Crippen LogP) is 4.85. The van der Waals surface area contributed by atoms with E-state index in [9.17, 15) is 9.59 Å². The second-order valence-corrected chi connectivity index (χ2v) is 6.88. The first-order valence-electron chi connectivity index (χ1n) is 9.62. The van der Waals surface area contributed by atoms with E-state index in [1.165, 1.54) is 4.68 Å². The van der Waals surface area contributed by atoms with Gasteiger partial charge in [-0.3, -0.25) is 10.1 Å². The largest absolute Gasteiger partial charge is 0.497 e. The van der Waals surface area contributed by atoms with Crippen LogP contribution in [0.15, 0.2) is 65.6 Å². The summed E-state index contributed by atoms with van der Waals surface area (Å²) in [4.78, 5) is 25.1. The van der Waals surface area contributed by atoms with Gasteiger partial charge in [0, 0.05) is 10.6 Å². The molecule has 0 spiro atoms. The summed E-state index contributed by atoms with van der Waals surface area (Å²) in [5.41, 5.74) is 1.79. The van der Waals surface area contributed by atoms with Crippen molar-refractivity contribution < 1.29 is 14.3 Å². The third-order valence-electron chi connectivity index (χ3n) is 4.41. The first-order chi connectivity index (χ1) is 15.0. The summed E-state index contributed by atoms with van der Waals surface area (Å²) in [6.07, 6.45) is 4.50. The van der Waals surface area contributed by atoms with Crippen LogP contribution in [0.1, 0.15) is 12.5 Å². The van der Waals surface area contributed by atoms with Crippen molar-refractivity contribution in [1.82, 2.24) is 9.78 Å². The fourth-order valence-corrected chi connectivity index (χ4v) is 2.99. The fourth-order valence-electron chi connectivity index (χ4n) is 2.86. The molecule has 0 radical (unpaired) electrons. The Bertz CT molecular complexity index is 1120. The van der Waals surface area contributed by atoms with E-state index in [1.807, 2.05) is 18.2 Å². The summed E-state index contributed by atoms with van der Waals surface area (Å²) < 4.78 is 11.4. The van der Waals surface area contributed by atoms with Crippen molar-refractivity contribution in [2.24, 2.45) is 0 Å². The third kappa shape index (κ3) is 5.73. The van der Waals surface area contributed by atoms with Gasteiger partial charge in [-0.05, 0) is 42.3 Å². The molecule has 3 rings (SSSR count). The summed E-state index contributed by atoms with van der Waals surface area (Å²) in [6, 6.07) is 14.4. The van der Waals surface area contributed by atoms with Gasteiger partial charge in [0.1, 0.15) is 11.4 Å². The number of allylic oxidation sites excluding steroid dienone is 1. The molecule has 31 heavy (non-hydrogen) atoms. The number of anilines is 1. The summed E-state index contributed by atoms with van der Waals surface area (Å²) >= 11 is 5.89. The van der Waals surface area contributed by atoms with Gasteiger partial charge in [-0.15, -0.1) is 0 Å². The zero-order valence-electron chi connectivity index (χ0n) is 17.2. The van der Waals surface area contributed by atoms with Crippen LogP contribution < -0.4 is 15.6 Å². The number of hydrogen-bond donors (Lipinski definition) is 1. The van der Waals surface area contributed by atoms with Gasteiger partial charge in [0.2, 0.25) is 0 Å². The number of nitrogens with zero attached hydrogens (tertiary/aromatic N) is 2. The molecule has 160 valence electrons. The number of carbonyl (C=O) groups excluding carboxylic acids is 1. The highest BCUT2D eigenvalue weighted by molar-refractivity contribution is 6.30. The zero-order valence-corrected chi connectivity index (χ0v) is 17.9. The molecule has 7 nitrogen and oxygen atoms in total. The van der Waals surface area contributed by atoms with Gasteiger partial charge < -0.3 is 9.47 Å². The first kappa shape index (κ1) is 22.1. The van der Waals surface area contributed by atoms with Crippen LogP contribution in [-0.4, -0.2) is 29.6 Å². The van der Waals surface area contributed by atoms with Crippen molar-refractivity contribution in [2.75, 3.05) is 19.0 Å². The smallest absolute Gasteiger partial charge is 0.411 e. The van der Waals surface area contributed by atoms with E-state index in [2.05, 4.69) is 10.4 Å². The third-order valence-corrected chi connectivity index (χ3v) is 4.66. The summed E-state index contributed by atoms with van der Waals surface area (Å²) in [7, 11) is 1.57. The van der Waals surface area contributed by atoms with E-state index >= 15 is 0 Å². The van der Waals surface area contributed by atoms with Crippen LogP contribution in [0.2, 0.25) is 5.02 Å². The van der Waals surface area contributed by atoms with E-state index in [4.69, 9.17) is 21.1 Å². The van der Waals surface area contributed by atoms with Gasteiger partial charge in [0.25, 0.3) is 5.56 Å². The van der Waals surface area contributed by atoms with E-state index in [1.54, 1.807) is 62.7 Å².